The van der Waals surface area contributed by atoms with Gasteiger partial charge in [0, 0.05) is 11.4 Å². The van der Waals surface area contributed by atoms with E-state index in [1.165, 1.54) is 42.5 Å². The maximum Gasteiger partial charge on any atom is 0.412 e. The van der Waals surface area contributed by atoms with Gasteiger partial charge in [-0.1, -0.05) is 66.6 Å². The van der Waals surface area contributed by atoms with Gasteiger partial charge in [-0.25, -0.2) is 76.9 Å². The molecule has 0 spiro atoms. The van der Waals surface area contributed by atoms with Gasteiger partial charge in [0.05, 0.1) is 0 Å². The van der Waals surface area contributed by atoms with E-state index in [2.05, 4.69) is 10.6 Å². The van der Waals surface area contributed by atoms with Gasteiger partial charge in [0.25, 0.3) is 0 Å². The van der Waals surface area contributed by atoms with Crippen molar-refractivity contribution in [2.75, 3.05) is 56.7 Å². The van der Waals surface area contributed by atoms with E-state index in [4.69, 9.17) is 47.4 Å². The Kier molecular flexibility index (Phi) is 51.7. The molecule has 0 aliphatic carbocycles. The molecule has 8 aromatic carbocycles. The zero-order chi connectivity index (χ0) is 116. The molecule has 0 saturated heterocycles. The summed E-state index contributed by atoms with van der Waals surface area (Å²) in [6.45, 7) is 46.7. The van der Waals surface area contributed by atoms with Crippen molar-refractivity contribution in [2.45, 2.75) is 198 Å². The van der Waals surface area contributed by atoms with Crippen molar-refractivity contribution >= 4 is 152 Å². The zero-order valence-electron chi connectivity index (χ0n) is 86.0. The molecule has 54 heteroatoms. The molecule has 46 nitrogen and oxygen atoms in total. The monoisotopic (exact) mass is 2240 g/mol. The van der Waals surface area contributed by atoms with Crippen molar-refractivity contribution in [3.63, 3.8) is 0 Å². The second-order valence-electron chi connectivity index (χ2n) is 34.6. The minimum absolute atomic E-state index is 0.0911. The molecule has 2 amide bonds. The third kappa shape index (κ3) is 56.5. The van der Waals surface area contributed by atoms with Crippen LogP contribution in [0.5, 0.6) is 46.0 Å². The van der Waals surface area contributed by atoms with Crippen molar-refractivity contribution in [1.82, 2.24) is 0 Å². The molecule has 8 rings (SSSR count). The zero-order valence-corrected chi connectivity index (χ0v) is 92.5. The molecular weight excluding hydrogens is 2130 g/mol. The fourth-order valence-electron chi connectivity index (χ4n) is 11.8. The van der Waals surface area contributed by atoms with Gasteiger partial charge in [-0.3, -0.25) is 49.0 Å². The Morgan fingerprint density at radius 2 is 0.503 bits per heavy atom. The number of hydrogen-bond donors (Lipinski definition) is 2. The Balaban J connectivity index is 0.000000855. The van der Waals surface area contributed by atoms with Gasteiger partial charge in [0.2, 0.25) is 0 Å². The molecule has 8 aromatic rings. The maximum absolute atomic E-state index is 11.8. The molecule has 0 fully saturated rings. The van der Waals surface area contributed by atoms with E-state index in [-0.39, 0.29) is 34.5 Å². The predicted molar refractivity (Wildman–Crippen MR) is 532 cm³/mol. The number of esters is 8. The fraction of sp³-hybridized carbons (Fsp3) is 0.389. The van der Waals surface area contributed by atoms with E-state index in [1.807, 2.05) is 88.3 Å². The summed E-state index contributed by atoms with van der Waals surface area (Å²) in [7, 11) is -37.0. The molecule has 0 heterocycles. The second-order valence-corrected chi connectivity index (χ2v) is 45.8. The average molecular weight is 2250 g/mol. The van der Waals surface area contributed by atoms with Gasteiger partial charge in [0.1, 0.15) is 184 Å². The predicted octanol–water partition coefficient (Wildman–Crippen LogP) is 10.4. The lowest BCUT2D eigenvalue weighted by Gasteiger charge is -2.23. The first-order valence-electron chi connectivity index (χ1n) is 43.3. The molecule has 0 aliphatic rings. The number of benzene rings is 8. The van der Waals surface area contributed by atoms with Crippen molar-refractivity contribution in [1.29, 1.82) is 0 Å². The highest BCUT2D eigenvalue weighted by atomic mass is 32.2. The summed E-state index contributed by atoms with van der Waals surface area (Å²) in [6.07, 6.45) is -0.612. The molecule has 0 aliphatic heterocycles. The summed E-state index contributed by atoms with van der Waals surface area (Å²) >= 11 is 0. The third-order valence-corrected chi connectivity index (χ3v) is 24.5. The number of carbonyl (C=O) groups is 10. The Labute approximate surface area is 866 Å². The summed E-state index contributed by atoms with van der Waals surface area (Å²) in [5.74, 6) is -16.2. The molecule has 0 atom stereocenters. The van der Waals surface area contributed by atoms with Gasteiger partial charge in [-0.15, -0.1) is 0 Å². The number of aryl methyl sites for hydroxylation is 11. The highest BCUT2D eigenvalue weighted by Gasteiger charge is 2.25. The van der Waals surface area contributed by atoms with Crippen LogP contribution in [-0.4, -0.2) is 221 Å². The van der Waals surface area contributed by atoms with E-state index in [1.54, 1.807) is 158 Å². The normalized spacial score (nSPS) is 11.4. The van der Waals surface area contributed by atoms with Crippen LogP contribution in [0.4, 0.5) is 21.0 Å². The van der Waals surface area contributed by atoms with Crippen LogP contribution >= 0.6 is 0 Å². The highest BCUT2D eigenvalue weighted by molar-refractivity contribution is 7.88. The van der Waals surface area contributed by atoms with Crippen LogP contribution in [0.25, 0.3) is 0 Å². The molecule has 0 radical (unpaired) electrons. The highest BCUT2D eigenvalue weighted by Crippen LogP contribution is 2.34. The SMILES string of the molecule is CCC(C)(C)OC(=O)Nc1ccc(OC(=O)CS(=O)(=O)[O-])c(C)c1.Cc1c(C)c(C)c(OC(=O)CS(=O)(=O)[O-])c(C)c1C.Cc1cc(C)c(C)c(OC(=O)CS(=O)(=O)[O-])c1.Cc1cc(C)c(OC(=O)CS(=O)(=O)[O-])c(C)c1.Cc1cc(NC(=O)OC(C)(C)C)ccc1OC(=O)CS(=O)(=O)[O-].Cc1ccc(OC(=O)CS(=O)(=O)[O-])c(C)c1.Cc1ccc(OC(=O)CS(=O)(=O)[O-])c(C)c1C.Cc1cccc(OC(=O)CS(=O)(=O)[O-])c1C. The topological polar surface area (TPSA) is 745 Å². The van der Waals surface area contributed by atoms with E-state index in [0.717, 1.165) is 94.6 Å². The average Bonchev–Trinajstić information content (AvgIpc) is 0.790. The van der Waals surface area contributed by atoms with E-state index < -0.39 is 198 Å². The van der Waals surface area contributed by atoms with E-state index >= 15 is 0 Å². The Bertz CT molecular complexity index is 7220. The van der Waals surface area contributed by atoms with Crippen LogP contribution in [0.3, 0.4) is 0 Å². The summed E-state index contributed by atoms with van der Waals surface area (Å²) in [6, 6.07) is 29.3. The molecule has 0 saturated carbocycles. The summed E-state index contributed by atoms with van der Waals surface area (Å²) in [4.78, 5) is 113. The van der Waals surface area contributed by atoms with Crippen LogP contribution in [0.1, 0.15) is 159 Å². The molecule has 0 bridgehead atoms. The summed E-state index contributed by atoms with van der Waals surface area (Å²) < 4.78 is 299. The van der Waals surface area contributed by atoms with Gasteiger partial charge >= 0.3 is 59.9 Å². The van der Waals surface area contributed by atoms with Crippen molar-refractivity contribution in [3.8, 4) is 46.0 Å². The van der Waals surface area contributed by atoms with Crippen LogP contribution in [0.2, 0.25) is 0 Å². The smallest absolute Gasteiger partial charge is 0.412 e. The van der Waals surface area contributed by atoms with Crippen LogP contribution in [0.15, 0.2) is 109 Å². The number of hydrogen-bond acceptors (Lipinski definition) is 44. The van der Waals surface area contributed by atoms with Crippen LogP contribution < -0.4 is 48.5 Å². The lowest BCUT2D eigenvalue weighted by atomic mass is 9.94. The number of rotatable bonds is 28. The number of amides is 2. The van der Waals surface area contributed by atoms with Gasteiger partial charge in [-0.2, -0.15) is 0 Å². The lowest BCUT2D eigenvalue weighted by molar-refractivity contribution is -0.132. The first-order chi connectivity index (χ1) is 67.5. The van der Waals surface area contributed by atoms with E-state index in [9.17, 15) is 152 Å². The first-order valence-corrected chi connectivity index (χ1v) is 55.9. The molecule has 0 aromatic heterocycles. The number of nitrogens with one attached hydrogen (secondary N) is 2. The van der Waals surface area contributed by atoms with Crippen molar-refractivity contribution in [3.05, 3.63) is 220 Å². The Morgan fingerprint density at radius 3 is 0.832 bits per heavy atom. The third-order valence-electron chi connectivity index (χ3n) is 19.8. The van der Waals surface area contributed by atoms with Gasteiger partial charge in [-0.05, 0) is 340 Å². The minimum Gasteiger partial charge on any atom is -0.748 e. The van der Waals surface area contributed by atoms with Crippen LogP contribution in [-0.2, 0) is 129 Å². The number of carbonyl (C=O) groups excluding carboxylic acids is 10. The molecular formula is C95H116N2O44S8-8. The number of ether oxygens (including phenoxy) is 10. The lowest BCUT2D eigenvalue weighted by Crippen LogP contribution is -2.29. The quantitative estimate of drug-likeness (QED) is 0.0261. The van der Waals surface area contributed by atoms with Gasteiger partial charge < -0.3 is 83.8 Å². The molecule has 2 N–H and O–H groups in total. The Morgan fingerprint density at radius 1 is 0.242 bits per heavy atom. The maximum atomic E-state index is 11.8. The van der Waals surface area contributed by atoms with Crippen molar-refractivity contribution in [2.24, 2.45) is 0 Å². The van der Waals surface area contributed by atoms with Crippen LogP contribution in [0, 0.1) is 138 Å². The summed E-state index contributed by atoms with van der Waals surface area (Å²) in [5.41, 5.74) is 16.3. The van der Waals surface area contributed by atoms with E-state index in [0.29, 0.717) is 46.0 Å². The first kappa shape index (κ1) is 134. The molecule has 826 valence electrons. The second kappa shape index (κ2) is 57.4. The fourth-order valence-corrected chi connectivity index (χ4v) is 14.5. The standard InChI is InChI=1S/C15H21NO7S.C14H19NO7S.C13H18O5S.3C11H14O5S.2C10H12O5S/c1-5-15(3,4)23-14(18)16-11-6-7-12(10(2)8-11)22-13(17)9-24(19,20)21;1-9-7-10(15-13(17)22-14(2,3)4)5-6-11(9)21-12(16)8-23(18,19)20;1-7-8(2)10(4)13(11(5)9(7)3)18-12(14)6-19(15,16)17;1-7-4-8(2)9(3)10(5-7)16-11(12)6-17(13,14)15;1-7-4-8(2)11(9(3)5-7)16-10(12)6-17(13,14)15;1-7-4-5-10(9(3)8(7)2)16-11(12)6-17(13,14)15;1-7-3-4-9(8(2)5-7)15-10(11)6-16(12,13)14;1-7-4-3-5-9(8(7)2)15-10(11)6-16(12,13)14/h6-8H,5,9H2,1-4H3,(H,16,18)(H,19,20,21);5-7H,8H2,1-4H3,(H,15,17)(H,18,19,20);6H2,1-5H3,(H,15,16,17);3*4-5H,6H2,1-3H3,(H,13,14,15);2*3-5H,6H2,1-2H3,(H,12,13,14)/p-8. The largest absolute Gasteiger partial charge is 0.748 e. The van der Waals surface area contributed by atoms with Crippen molar-refractivity contribution < 1.29 is 199 Å². The number of anilines is 2. The summed E-state index contributed by atoms with van der Waals surface area (Å²) in [5, 5.41) is 5.05. The van der Waals surface area contributed by atoms with Gasteiger partial charge in [0.15, 0.2) is 0 Å². The molecule has 0 unspecified atom stereocenters. The minimum atomic E-state index is -4.70. The Hall–Kier alpha value is -12.7. The molecule has 149 heavy (non-hydrogen) atoms.